The van der Waals surface area contributed by atoms with Crippen LogP contribution in [0.3, 0.4) is 0 Å². The van der Waals surface area contributed by atoms with Crippen LogP contribution in [-0.4, -0.2) is 11.8 Å². The quantitative estimate of drug-likeness (QED) is 0.619. The molecular weight excluding hydrogens is 265 g/mol. The number of carbonyl (C=O) groups is 1. The molecule has 0 fully saturated rings. The second-order valence-electron chi connectivity index (χ2n) is 3.58. The van der Waals surface area contributed by atoms with Gasteiger partial charge in [-0.15, -0.1) is 22.9 Å². The Balaban J connectivity index is 2.33. The third kappa shape index (κ3) is 4.73. The number of carbonyl (C=O) groups excluding carboxylic acids is 1. The van der Waals surface area contributed by atoms with Crippen LogP contribution >= 0.6 is 34.5 Å². The van der Waals surface area contributed by atoms with Gasteiger partial charge in [0.25, 0.3) is 0 Å². The van der Waals surface area contributed by atoms with Crippen molar-refractivity contribution in [3.8, 4) is 0 Å². The van der Waals surface area contributed by atoms with Gasteiger partial charge in [0.2, 0.25) is 5.91 Å². The molecule has 0 aromatic carbocycles. The van der Waals surface area contributed by atoms with E-state index in [9.17, 15) is 4.79 Å². The molecule has 0 aliphatic heterocycles. The van der Waals surface area contributed by atoms with Crippen LogP contribution in [-0.2, 0) is 4.79 Å². The van der Waals surface area contributed by atoms with Gasteiger partial charge in [0.05, 0.1) is 10.4 Å². The molecule has 1 unspecified atom stereocenters. The molecule has 0 spiro atoms. The highest BCUT2D eigenvalue weighted by Crippen LogP contribution is 2.26. The molecule has 0 saturated heterocycles. The maximum absolute atomic E-state index is 11.5. The maximum atomic E-state index is 11.5. The minimum Gasteiger partial charge on any atom is -0.349 e. The fourth-order valence-electron chi connectivity index (χ4n) is 1.33. The van der Waals surface area contributed by atoms with E-state index >= 15 is 0 Å². The van der Waals surface area contributed by atoms with Gasteiger partial charge in [0, 0.05) is 17.2 Å². The van der Waals surface area contributed by atoms with Gasteiger partial charge in [-0.1, -0.05) is 11.6 Å². The summed E-state index contributed by atoms with van der Waals surface area (Å²) in [6.07, 6.45) is 2.26. The second kappa shape index (κ2) is 7.15. The first-order valence-corrected chi connectivity index (χ1v) is 6.97. The molecule has 0 saturated carbocycles. The lowest BCUT2D eigenvalue weighted by molar-refractivity contribution is -0.121. The van der Waals surface area contributed by atoms with Crippen LogP contribution < -0.4 is 5.32 Å². The van der Waals surface area contributed by atoms with Gasteiger partial charge in [0.15, 0.2) is 0 Å². The number of unbranched alkanes of at least 4 members (excludes halogenated alkanes) is 1. The highest BCUT2D eigenvalue weighted by atomic mass is 35.5. The second-order valence-corrected chi connectivity index (χ2v) is 5.70. The van der Waals surface area contributed by atoms with Crippen molar-refractivity contribution in [2.75, 3.05) is 5.88 Å². The van der Waals surface area contributed by atoms with E-state index in [-0.39, 0.29) is 11.9 Å². The van der Waals surface area contributed by atoms with E-state index < -0.39 is 0 Å². The van der Waals surface area contributed by atoms with Gasteiger partial charge in [0.1, 0.15) is 0 Å². The first-order chi connectivity index (χ1) is 7.63. The first-order valence-electron chi connectivity index (χ1n) is 5.24. The number of rotatable bonds is 6. The predicted molar refractivity (Wildman–Crippen MR) is 70.5 cm³/mol. The molecule has 5 heteroatoms. The van der Waals surface area contributed by atoms with Crippen molar-refractivity contribution in [3.05, 3.63) is 21.3 Å². The lowest BCUT2D eigenvalue weighted by Gasteiger charge is -2.11. The largest absolute Gasteiger partial charge is 0.349 e. The molecule has 16 heavy (non-hydrogen) atoms. The maximum Gasteiger partial charge on any atom is 0.220 e. The molecule has 1 N–H and O–H groups in total. The van der Waals surface area contributed by atoms with Crippen molar-refractivity contribution >= 4 is 40.4 Å². The standard InChI is InChI=1S/C11H15Cl2NOS/c1-8(9-5-6-10(13)16-9)14-11(15)4-2-3-7-12/h5-6,8H,2-4,7H2,1H3,(H,14,15). The molecule has 0 bridgehead atoms. The van der Waals surface area contributed by atoms with Gasteiger partial charge in [-0.2, -0.15) is 0 Å². The molecule has 1 amide bonds. The van der Waals surface area contributed by atoms with Crippen molar-refractivity contribution in [1.29, 1.82) is 0 Å². The summed E-state index contributed by atoms with van der Waals surface area (Å²) in [5.74, 6) is 0.686. The Bertz CT molecular complexity index is 340. The average Bonchev–Trinajstić information content (AvgIpc) is 2.65. The summed E-state index contributed by atoms with van der Waals surface area (Å²) in [5.41, 5.74) is 0. The molecule has 1 rings (SSSR count). The molecule has 0 aliphatic rings. The number of hydrogen-bond donors (Lipinski definition) is 1. The monoisotopic (exact) mass is 279 g/mol. The fraction of sp³-hybridized carbons (Fsp3) is 0.545. The predicted octanol–water partition coefficient (Wildman–Crippen LogP) is 3.99. The molecular formula is C11H15Cl2NOS. The Morgan fingerprint density at radius 2 is 2.25 bits per heavy atom. The van der Waals surface area contributed by atoms with Gasteiger partial charge in [-0.3, -0.25) is 4.79 Å². The number of amides is 1. The molecule has 1 aromatic heterocycles. The van der Waals surface area contributed by atoms with E-state index in [4.69, 9.17) is 23.2 Å². The summed E-state index contributed by atoms with van der Waals surface area (Å²) >= 11 is 12.9. The minimum absolute atomic E-state index is 0.0287. The first kappa shape index (κ1) is 13.8. The zero-order chi connectivity index (χ0) is 12.0. The highest BCUT2D eigenvalue weighted by molar-refractivity contribution is 7.16. The Morgan fingerprint density at radius 1 is 1.50 bits per heavy atom. The third-order valence-electron chi connectivity index (χ3n) is 2.19. The SMILES string of the molecule is CC(NC(=O)CCCCCl)c1ccc(Cl)s1. The molecule has 0 radical (unpaired) electrons. The molecule has 1 aromatic rings. The summed E-state index contributed by atoms with van der Waals surface area (Å²) in [4.78, 5) is 12.6. The summed E-state index contributed by atoms with van der Waals surface area (Å²) in [5, 5.41) is 2.94. The molecule has 1 atom stereocenters. The third-order valence-corrected chi connectivity index (χ3v) is 3.87. The van der Waals surface area contributed by atoms with Crippen LogP contribution in [0.15, 0.2) is 12.1 Å². The zero-order valence-electron chi connectivity index (χ0n) is 9.13. The number of halogens is 2. The smallest absolute Gasteiger partial charge is 0.220 e. The van der Waals surface area contributed by atoms with Crippen molar-refractivity contribution in [1.82, 2.24) is 5.32 Å². The Hall–Kier alpha value is -0.250. The Kier molecular flexibility index (Phi) is 6.17. The summed E-state index contributed by atoms with van der Waals surface area (Å²) in [6, 6.07) is 3.81. The number of alkyl halides is 1. The highest BCUT2D eigenvalue weighted by Gasteiger charge is 2.10. The average molecular weight is 280 g/mol. The van der Waals surface area contributed by atoms with E-state index in [2.05, 4.69) is 5.32 Å². The molecule has 1 heterocycles. The summed E-state index contributed by atoms with van der Waals surface area (Å²) < 4.78 is 0.748. The van der Waals surface area contributed by atoms with E-state index in [1.165, 1.54) is 11.3 Å². The van der Waals surface area contributed by atoms with Crippen LogP contribution in [0.25, 0.3) is 0 Å². The van der Waals surface area contributed by atoms with E-state index in [0.717, 1.165) is 22.1 Å². The van der Waals surface area contributed by atoms with E-state index in [0.29, 0.717) is 12.3 Å². The Morgan fingerprint density at radius 3 is 2.81 bits per heavy atom. The van der Waals surface area contributed by atoms with Crippen molar-refractivity contribution in [2.24, 2.45) is 0 Å². The van der Waals surface area contributed by atoms with Gasteiger partial charge in [-0.05, 0) is 31.9 Å². The molecule has 90 valence electrons. The van der Waals surface area contributed by atoms with Crippen LogP contribution in [0.1, 0.15) is 37.1 Å². The van der Waals surface area contributed by atoms with Crippen LogP contribution in [0.5, 0.6) is 0 Å². The van der Waals surface area contributed by atoms with E-state index in [1.807, 2.05) is 19.1 Å². The topological polar surface area (TPSA) is 29.1 Å². The van der Waals surface area contributed by atoms with Crippen LogP contribution in [0.2, 0.25) is 4.34 Å². The molecule has 2 nitrogen and oxygen atoms in total. The fourth-order valence-corrected chi connectivity index (χ4v) is 2.58. The summed E-state index contributed by atoms with van der Waals surface area (Å²) in [6.45, 7) is 1.96. The van der Waals surface area contributed by atoms with Gasteiger partial charge >= 0.3 is 0 Å². The molecule has 0 aliphatic carbocycles. The number of nitrogens with one attached hydrogen (secondary N) is 1. The normalized spacial score (nSPS) is 12.4. The van der Waals surface area contributed by atoms with Gasteiger partial charge in [-0.25, -0.2) is 0 Å². The lowest BCUT2D eigenvalue weighted by atomic mass is 10.2. The number of hydrogen-bond acceptors (Lipinski definition) is 2. The van der Waals surface area contributed by atoms with Crippen LogP contribution in [0.4, 0.5) is 0 Å². The number of thiophene rings is 1. The van der Waals surface area contributed by atoms with E-state index in [1.54, 1.807) is 0 Å². The minimum atomic E-state index is 0.0287. The van der Waals surface area contributed by atoms with Crippen molar-refractivity contribution in [2.45, 2.75) is 32.2 Å². The van der Waals surface area contributed by atoms with Gasteiger partial charge < -0.3 is 5.32 Å². The summed E-state index contributed by atoms with van der Waals surface area (Å²) in [7, 11) is 0. The van der Waals surface area contributed by atoms with Crippen LogP contribution in [0, 0.1) is 0 Å². The van der Waals surface area contributed by atoms with Crippen molar-refractivity contribution < 1.29 is 4.79 Å². The zero-order valence-corrected chi connectivity index (χ0v) is 11.5. The Labute approximate surface area is 110 Å². The van der Waals surface area contributed by atoms with Crippen molar-refractivity contribution in [3.63, 3.8) is 0 Å². The lowest BCUT2D eigenvalue weighted by Crippen LogP contribution is -2.25.